The van der Waals surface area contributed by atoms with E-state index in [1.807, 2.05) is 26.0 Å². The second-order valence-electron chi connectivity index (χ2n) is 6.15. The Morgan fingerprint density at radius 3 is 2.45 bits per heavy atom. The summed E-state index contributed by atoms with van der Waals surface area (Å²) < 4.78 is 11.4. The molecule has 0 unspecified atom stereocenters. The topological polar surface area (TPSA) is 42.7 Å². The van der Waals surface area contributed by atoms with Gasteiger partial charge in [0.05, 0.1) is 6.61 Å². The van der Waals surface area contributed by atoms with Gasteiger partial charge in [-0.15, -0.1) is 0 Å². The lowest BCUT2D eigenvalue weighted by molar-refractivity contribution is 0.233. The molecular weight excluding hydrogens is 278 g/mol. The maximum absolute atomic E-state index is 11.9. The third kappa shape index (κ3) is 3.17. The normalized spacial score (nSPS) is 12.9. The molecule has 0 aliphatic rings. The highest BCUT2D eigenvalue weighted by Gasteiger charge is 2.13. The number of ether oxygens (including phenoxy) is 1. The van der Waals surface area contributed by atoms with Gasteiger partial charge in [-0.05, 0) is 65.9 Å². The first-order valence-electron chi connectivity index (χ1n) is 7.65. The van der Waals surface area contributed by atoms with E-state index in [9.17, 15) is 4.79 Å². The fraction of sp³-hybridized carbons (Fsp3) is 0.500. The number of aryl methyl sites for hydroxylation is 2. The van der Waals surface area contributed by atoms with Crippen molar-refractivity contribution < 1.29 is 9.15 Å². The molecule has 1 aromatic heterocycles. The van der Waals surface area contributed by atoms with Gasteiger partial charge in [0.15, 0.2) is 0 Å². The average molecular weight is 303 g/mol. The van der Waals surface area contributed by atoms with Crippen LogP contribution in [0, 0.1) is 20.8 Å². The Balaban J connectivity index is 2.28. The number of nitrogens with zero attached hydrogens (tertiary/aromatic N) is 1. The van der Waals surface area contributed by atoms with Crippen LogP contribution >= 0.6 is 0 Å². The van der Waals surface area contributed by atoms with Gasteiger partial charge in [0.25, 0.3) is 0 Å². The number of hydrogen-bond acceptors (Lipinski definition) is 4. The van der Waals surface area contributed by atoms with E-state index >= 15 is 0 Å². The number of fused-ring (bicyclic) bond motifs is 1. The summed E-state index contributed by atoms with van der Waals surface area (Å²) in [5, 5.41) is 0.976. The second kappa shape index (κ2) is 6.53. The van der Waals surface area contributed by atoms with Gasteiger partial charge in [0.1, 0.15) is 11.3 Å². The van der Waals surface area contributed by atoms with Crippen molar-refractivity contribution in [1.82, 2.24) is 4.90 Å². The van der Waals surface area contributed by atoms with Gasteiger partial charge < -0.3 is 14.1 Å². The van der Waals surface area contributed by atoms with E-state index in [4.69, 9.17) is 9.15 Å². The van der Waals surface area contributed by atoms with Gasteiger partial charge in [0.2, 0.25) is 0 Å². The summed E-state index contributed by atoms with van der Waals surface area (Å²) in [4.78, 5) is 14.1. The predicted molar refractivity (Wildman–Crippen MR) is 90.0 cm³/mol. The van der Waals surface area contributed by atoms with Gasteiger partial charge in [-0.25, -0.2) is 4.79 Å². The van der Waals surface area contributed by atoms with Crippen LogP contribution in [0.3, 0.4) is 0 Å². The van der Waals surface area contributed by atoms with Gasteiger partial charge in [0, 0.05) is 22.6 Å². The Morgan fingerprint density at radius 2 is 1.82 bits per heavy atom. The van der Waals surface area contributed by atoms with Crippen LogP contribution in [0.1, 0.15) is 30.0 Å². The van der Waals surface area contributed by atoms with Crippen LogP contribution < -0.4 is 10.4 Å². The zero-order valence-electron chi connectivity index (χ0n) is 14.3. The zero-order chi connectivity index (χ0) is 16.4. The van der Waals surface area contributed by atoms with E-state index in [0.29, 0.717) is 23.8 Å². The molecule has 0 bridgehead atoms. The Bertz CT molecular complexity index is 731. The highest BCUT2D eigenvalue weighted by atomic mass is 16.5. The minimum Gasteiger partial charge on any atom is -0.493 e. The van der Waals surface area contributed by atoms with E-state index in [0.717, 1.165) is 28.7 Å². The molecule has 0 saturated heterocycles. The molecule has 1 heterocycles. The highest BCUT2D eigenvalue weighted by molar-refractivity contribution is 5.85. The molecule has 2 aromatic rings. The van der Waals surface area contributed by atoms with E-state index in [1.54, 1.807) is 6.92 Å². The van der Waals surface area contributed by atoms with Crippen molar-refractivity contribution in [3.05, 3.63) is 39.2 Å². The fourth-order valence-corrected chi connectivity index (χ4v) is 2.38. The van der Waals surface area contributed by atoms with Gasteiger partial charge in [-0.2, -0.15) is 0 Å². The Labute approximate surface area is 131 Å². The second-order valence-corrected chi connectivity index (χ2v) is 6.15. The standard InChI is InChI=1S/C18H25NO3/c1-11(19(5)6)9-10-21-16-8-7-15-12(2)13(3)18(20)22-17(15)14(16)4/h7-8,11H,9-10H2,1-6H3/t11-/m0/s1. The van der Waals surface area contributed by atoms with Crippen molar-refractivity contribution >= 4 is 11.0 Å². The maximum atomic E-state index is 11.9. The lowest BCUT2D eigenvalue weighted by Gasteiger charge is -2.20. The molecule has 4 heteroatoms. The SMILES string of the molecule is Cc1c(C)c2ccc(OCC[C@H](C)N(C)C)c(C)c2oc1=O. The third-order valence-corrected chi connectivity index (χ3v) is 4.50. The molecule has 1 atom stereocenters. The van der Waals surface area contributed by atoms with Crippen molar-refractivity contribution in [3.8, 4) is 5.75 Å². The summed E-state index contributed by atoms with van der Waals surface area (Å²) in [6.45, 7) is 8.49. The first-order valence-corrected chi connectivity index (χ1v) is 7.65. The molecular formula is C18H25NO3. The summed E-state index contributed by atoms with van der Waals surface area (Å²) in [5.41, 5.74) is 2.88. The van der Waals surface area contributed by atoms with Crippen LogP contribution in [-0.4, -0.2) is 31.6 Å². The largest absolute Gasteiger partial charge is 0.493 e. The quantitative estimate of drug-likeness (QED) is 0.794. The summed E-state index contributed by atoms with van der Waals surface area (Å²) in [5.74, 6) is 0.782. The summed E-state index contributed by atoms with van der Waals surface area (Å²) >= 11 is 0. The molecule has 0 aliphatic heterocycles. The molecule has 0 N–H and O–H groups in total. The molecule has 0 aliphatic carbocycles. The molecule has 0 amide bonds. The van der Waals surface area contributed by atoms with E-state index in [1.165, 1.54) is 0 Å². The van der Waals surface area contributed by atoms with Crippen molar-refractivity contribution in [2.24, 2.45) is 0 Å². The monoisotopic (exact) mass is 303 g/mol. The first kappa shape index (κ1) is 16.6. The molecule has 0 fully saturated rings. The van der Waals surface area contributed by atoms with E-state index in [2.05, 4.69) is 25.9 Å². The Morgan fingerprint density at radius 1 is 1.14 bits per heavy atom. The molecule has 22 heavy (non-hydrogen) atoms. The number of hydrogen-bond donors (Lipinski definition) is 0. The van der Waals surface area contributed by atoms with Crippen molar-refractivity contribution in [2.45, 2.75) is 40.2 Å². The summed E-state index contributed by atoms with van der Waals surface area (Å²) in [6.07, 6.45) is 0.946. The minimum absolute atomic E-state index is 0.272. The van der Waals surface area contributed by atoms with Gasteiger partial charge in [-0.3, -0.25) is 0 Å². The summed E-state index contributed by atoms with van der Waals surface area (Å²) in [7, 11) is 4.12. The van der Waals surface area contributed by atoms with Crippen molar-refractivity contribution in [3.63, 3.8) is 0 Å². The van der Waals surface area contributed by atoms with Crippen LogP contribution in [0.5, 0.6) is 5.75 Å². The Kier molecular flexibility index (Phi) is 4.91. The third-order valence-electron chi connectivity index (χ3n) is 4.50. The molecule has 0 radical (unpaired) electrons. The average Bonchev–Trinajstić information content (AvgIpc) is 2.47. The molecule has 120 valence electrons. The maximum Gasteiger partial charge on any atom is 0.339 e. The zero-order valence-corrected chi connectivity index (χ0v) is 14.3. The molecule has 0 saturated carbocycles. The van der Waals surface area contributed by atoms with Gasteiger partial charge in [-0.1, -0.05) is 0 Å². The lowest BCUT2D eigenvalue weighted by atomic mass is 10.0. The van der Waals surface area contributed by atoms with Crippen molar-refractivity contribution in [1.29, 1.82) is 0 Å². The van der Waals surface area contributed by atoms with Crippen LogP contribution in [0.15, 0.2) is 21.3 Å². The first-order chi connectivity index (χ1) is 10.3. The lowest BCUT2D eigenvalue weighted by Crippen LogP contribution is -2.26. The van der Waals surface area contributed by atoms with Crippen LogP contribution in [0.2, 0.25) is 0 Å². The molecule has 4 nitrogen and oxygen atoms in total. The fourth-order valence-electron chi connectivity index (χ4n) is 2.38. The van der Waals surface area contributed by atoms with E-state index < -0.39 is 0 Å². The Hall–Kier alpha value is -1.81. The van der Waals surface area contributed by atoms with Crippen molar-refractivity contribution in [2.75, 3.05) is 20.7 Å². The van der Waals surface area contributed by atoms with Crippen LogP contribution in [0.4, 0.5) is 0 Å². The molecule has 1 aromatic carbocycles. The van der Waals surface area contributed by atoms with Crippen LogP contribution in [-0.2, 0) is 0 Å². The van der Waals surface area contributed by atoms with E-state index in [-0.39, 0.29) is 5.63 Å². The van der Waals surface area contributed by atoms with Gasteiger partial charge >= 0.3 is 5.63 Å². The number of benzene rings is 1. The summed E-state index contributed by atoms with van der Waals surface area (Å²) in [6, 6.07) is 4.39. The number of rotatable bonds is 5. The molecule has 0 spiro atoms. The molecule has 2 rings (SSSR count). The minimum atomic E-state index is -0.272. The smallest absolute Gasteiger partial charge is 0.339 e. The predicted octanol–water partition coefficient (Wildman–Crippen LogP) is 3.44. The van der Waals surface area contributed by atoms with Crippen LogP contribution in [0.25, 0.3) is 11.0 Å². The highest BCUT2D eigenvalue weighted by Crippen LogP contribution is 2.29.